The second kappa shape index (κ2) is 8.81. The van der Waals surface area contributed by atoms with Gasteiger partial charge in [0, 0.05) is 5.02 Å². The molecule has 0 fully saturated rings. The molecule has 0 amide bonds. The maximum atomic E-state index is 11.2. The summed E-state index contributed by atoms with van der Waals surface area (Å²) >= 11 is 7.26. The molecule has 2 aromatic rings. The summed E-state index contributed by atoms with van der Waals surface area (Å²) in [5.41, 5.74) is 1.26. The summed E-state index contributed by atoms with van der Waals surface area (Å²) in [5, 5.41) is 12.5. The number of benzene rings is 1. The van der Waals surface area contributed by atoms with Crippen LogP contribution in [0.5, 0.6) is 5.06 Å². The van der Waals surface area contributed by atoms with Crippen molar-refractivity contribution in [1.82, 2.24) is 0 Å². The normalized spacial score (nSPS) is 12.0. The molecule has 22 heavy (non-hydrogen) atoms. The van der Waals surface area contributed by atoms with Crippen molar-refractivity contribution in [3.63, 3.8) is 0 Å². The fourth-order valence-electron chi connectivity index (χ4n) is 2.19. The van der Waals surface area contributed by atoms with Gasteiger partial charge in [0.15, 0.2) is 11.2 Å². The van der Waals surface area contributed by atoms with E-state index in [0.717, 1.165) is 30.7 Å². The molecule has 1 N–H and O–H groups in total. The summed E-state index contributed by atoms with van der Waals surface area (Å²) in [6, 6.07) is 11.5. The van der Waals surface area contributed by atoms with Gasteiger partial charge in [-0.1, -0.05) is 30.2 Å². The molecule has 2 rings (SSSR count). The number of hydrogen-bond acceptors (Lipinski definition) is 3. The first-order valence-electron chi connectivity index (χ1n) is 7.32. The van der Waals surface area contributed by atoms with Crippen molar-refractivity contribution in [2.75, 3.05) is 0 Å². The minimum Gasteiger partial charge on any atom is -0.479 e. The minimum atomic E-state index is -0.897. The van der Waals surface area contributed by atoms with Crippen molar-refractivity contribution in [3.05, 3.63) is 52.4 Å². The van der Waals surface area contributed by atoms with Crippen LogP contribution in [0.1, 0.15) is 31.2 Å². The van der Waals surface area contributed by atoms with Crippen molar-refractivity contribution < 1.29 is 14.6 Å². The molecule has 118 valence electrons. The Morgan fingerprint density at radius 2 is 1.95 bits per heavy atom. The largest absolute Gasteiger partial charge is 0.479 e. The fraction of sp³-hybridized carbons (Fsp3) is 0.353. The average molecular weight is 339 g/mol. The summed E-state index contributed by atoms with van der Waals surface area (Å²) in [6.07, 6.45) is 3.63. The molecule has 0 radical (unpaired) electrons. The maximum absolute atomic E-state index is 11.2. The van der Waals surface area contributed by atoms with E-state index in [4.69, 9.17) is 16.3 Å². The van der Waals surface area contributed by atoms with Gasteiger partial charge in [0.1, 0.15) is 0 Å². The molecule has 0 aliphatic heterocycles. The molecule has 1 atom stereocenters. The Bertz CT molecular complexity index is 566. The number of ether oxygens (including phenoxy) is 1. The Hall–Kier alpha value is -1.52. The average Bonchev–Trinajstić information content (AvgIpc) is 3.00. The summed E-state index contributed by atoms with van der Waals surface area (Å²) in [7, 11) is 0. The van der Waals surface area contributed by atoms with Gasteiger partial charge in [-0.25, -0.2) is 4.79 Å². The van der Waals surface area contributed by atoms with E-state index in [1.807, 2.05) is 35.7 Å². The quantitative estimate of drug-likeness (QED) is 0.652. The monoisotopic (exact) mass is 338 g/mol. The molecule has 1 aromatic heterocycles. The summed E-state index contributed by atoms with van der Waals surface area (Å²) in [6.45, 7) is 0. The summed E-state index contributed by atoms with van der Waals surface area (Å²) < 4.78 is 5.50. The topological polar surface area (TPSA) is 46.5 Å². The highest BCUT2D eigenvalue weighted by Crippen LogP contribution is 2.22. The number of rotatable bonds is 9. The molecule has 1 unspecified atom stereocenters. The lowest BCUT2D eigenvalue weighted by molar-refractivity contribution is -0.145. The van der Waals surface area contributed by atoms with Gasteiger partial charge in [0.05, 0.1) is 0 Å². The summed E-state index contributed by atoms with van der Waals surface area (Å²) in [4.78, 5) is 11.2. The minimum absolute atomic E-state index is 0.536. The number of hydrogen-bond donors (Lipinski definition) is 1. The molecule has 0 bridgehead atoms. The molecule has 1 aromatic carbocycles. The zero-order chi connectivity index (χ0) is 15.8. The molecule has 3 nitrogen and oxygen atoms in total. The Morgan fingerprint density at radius 3 is 2.59 bits per heavy atom. The van der Waals surface area contributed by atoms with Crippen molar-refractivity contribution in [1.29, 1.82) is 0 Å². The van der Waals surface area contributed by atoms with Gasteiger partial charge in [-0.15, -0.1) is 11.3 Å². The Balaban J connectivity index is 1.67. The lowest BCUT2D eigenvalue weighted by atomic mass is 10.0. The molecule has 0 spiro atoms. The van der Waals surface area contributed by atoms with Crippen LogP contribution in [0.4, 0.5) is 0 Å². The maximum Gasteiger partial charge on any atom is 0.344 e. The molecular formula is C17H19ClO3S. The first kappa shape index (κ1) is 16.8. The first-order valence-corrected chi connectivity index (χ1v) is 8.58. The molecular weight excluding hydrogens is 320 g/mol. The lowest BCUT2D eigenvalue weighted by Crippen LogP contribution is -2.26. The van der Waals surface area contributed by atoms with Crippen LogP contribution in [0, 0.1) is 0 Å². The number of aryl methyl sites for hydroxylation is 1. The predicted molar refractivity (Wildman–Crippen MR) is 90.0 cm³/mol. The van der Waals surface area contributed by atoms with E-state index in [9.17, 15) is 9.90 Å². The number of aliphatic carboxylic acids is 1. The van der Waals surface area contributed by atoms with Crippen LogP contribution < -0.4 is 4.74 Å². The Morgan fingerprint density at radius 1 is 1.18 bits per heavy atom. The fourth-order valence-corrected chi connectivity index (χ4v) is 2.94. The van der Waals surface area contributed by atoms with Gasteiger partial charge in [-0.05, 0) is 60.9 Å². The van der Waals surface area contributed by atoms with Crippen LogP contribution in [-0.4, -0.2) is 17.2 Å². The smallest absolute Gasteiger partial charge is 0.344 e. The highest BCUT2D eigenvalue weighted by atomic mass is 35.5. The van der Waals surface area contributed by atoms with Crippen LogP contribution in [0.3, 0.4) is 0 Å². The number of carboxylic acids is 1. The zero-order valence-electron chi connectivity index (χ0n) is 12.2. The van der Waals surface area contributed by atoms with Crippen LogP contribution in [0.25, 0.3) is 0 Å². The van der Waals surface area contributed by atoms with Crippen LogP contribution in [0.2, 0.25) is 5.02 Å². The van der Waals surface area contributed by atoms with E-state index in [1.54, 1.807) is 6.07 Å². The van der Waals surface area contributed by atoms with E-state index in [-0.39, 0.29) is 0 Å². The van der Waals surface area contributed by atoms with E-state index < -0.39 is 12.1 Å². The van der Waals surface area contributed by atoms with E-state index in [1.165, 1.54) is 16.9 Å². The number of carbonyl (C=O) groups is 1. The van der Waals surface area contributed by atoms with Gasteiger partial charge in [-0.3, -0.25) is 0 Å². The van der Waals surface area contributed by atoms with Crippen molar-refractivity contribution in [2.45, 2.75) is 38.2 Å². The third-order valence-electron chi connectivity index (χ3n) is 3.37. The second-order valence-electron chi connectivity index (χ2n) is 5.10. The molecule has 0 saturated carbocycles. The van der Waals surface area contributed by atoms with Crippen molar-refractivity contribution >= 4 is 28.9 Å². The van der Waals surface area contributed by atoms with Crippen molar-refractivity contribution in [3.8, 4) is 5.06 Å². The van der Waals surface area contributed by atoms with Gasteiger partial charge in [-0.2, -0.15) is 0 Å². The van der Waals surface area contributed by atoms with Crippen molar-refractivity contribution in [2.24, 2.45) is 0 Å². The Kier molecular flexibility index (Phi) is 6.74. The van der Waals surface area contributed by atoms with Crippen LogP contribution >= 0.6 is 22.9 Å². The van der Waals surface area contributed by atoms with E-state index >= 15 is 0 Å². The van der Waals surface area contributed by atoms with Gasteiger partial charge >= 0.3 is 5.97 Å². The van der Waals surface area contributed by atoms with Gasteiger partial charge in [0.25, 0.3) is 0 Å². The standard InChI is InChI=1S/C17H19ClO3S/c18-14-10-8-13(9-11-14)5-2-1-3-6-15(17(19)20)21-16-7-4-12-22-16/h4,7-12,15H,1-3,5-6H2,(H,19,20). The second-order valence-corrected chi connectivity index (χ2v) is 6.45. The first-order chi connectivity index (χ1) is 10.6. The van der Waals surface area contributed by atoms with Gasteiger partial charge < -0.3 is 9.84 Å². The third kappa shape index (κ3) is 5.70. The number of thiophene rings is 1. The lowest BCUT2D eigenvalue weighted by Gasteiger charge is -2.13. The van der Waals surface area contributed by atoms with Crippen LogP contribution in [0.15, 0.2) is 41.8 Å². The third-order valence-corrected chi connectivity index (χ3v) is 4.38. The predicted octanol–water partition coefficient (Wildman–Crippen LogP) is 5.04. The summed E-state index contributed by atoms with van der Waals surface area (Å²) in [5.74, 6) is -0.897. The van der Waals surface area contributed by atoms with E-state index in [0.29, 0.717) is 11.5 Å². The molecule has 0 aliphatic rings. The molecule has 5 heteroatoms. The van der Waals surface area contributed by atoms with Gasteiger partial charge in [0.2, 0.25) is 0 Å². The highest BCUT2D eigenvalue weighted by molar-refractivity contribution is 7.11. The van der Waals surface area contributed by atoms with Crippen LogP contribution in [-0.2, 0) is 11.2 Å². The molecule has 0 aliphatic carbocycles. The molecule has 0 saturated heterocycles. The Labute approximate surface area is 139 Å². The SMILES string of the molecule is O=C(O)C(CCCCCc1ccc(Cl)cc1)Oc1cccs1. The van der Waals surface area contributed by atoms with E-state index in [2.05, 4.69) is 0 Å². The highest BCUT2D eigenvalue weighted by Gasteiger charge is 2.19. The zero-order valence-corrected chi connectivity index (χ0v) is 13.8. The molecule has 1 heterocycles. The number of halogens is 1. The number of unbranched alkanes of at least 4 members (excludes halogenated alkanes) is 2. The number of carboxylic acid groups (broad SMARTS) is 1.